The molecular weight excluding hydrogens is 354 g/mol. The van der Waals surface area contributed by atoms with Gasteiger partial charge in [-0.25, -0.2) is 9.78 Å². The van der Waals surface area contributed by atoms with Crippen LogP contribution in [0.25, 0.3) is 22.0 Å². The minimum atomic E-state index is -1.25. The van der Waals surface area contributed by atoms with Crippen molar-refractivity contribution >= 4 is 28.6 Å². The van der Waals surface area contributed by atoms with Crippen LogP contribution in [0.5, 0.6) is 5.75 Å². The van der Waals surface area contributed by atoms with Crippen LogP contribution in [-0.4, -0.2) is 33.1 Å². The SMILES string of the molecule is COc1c(C(=O)O)cc(C[N+](=O)[O-])cc1-c1ccc2nc(N)nc(N)c2c1. The highest BCUT2D eigenvalue weighted by Gasteiger charge is 2.20. The average Bonchev–Trinajstić information content (AvgIpc) is 2.60. The fourth-order valence-electron chi connectivity index (χ4n) is 2.86. The molecule has 1 heterocycles. The molecule has 0 saturated heterocycles. The van der Waals surface area contributed by atoms with Gasteiger partial charge in [-0.05, 0) is 29.8 Å². The number of aromatic carboxylic acids is 1. The first-order chi connectivity index (χ1) is 12.8. The first-order valence-corrected chi connectivity index (χ1v) is 7.69. The molecule has 0 saturated carbocycles. The number of carbonyl (C=O) groups is 1. The first-order valence-electron chi connectivity index (χ1n) is 7.69. The molecule has 5 N–H and O–H groups in total. The molecule has 1 aromatic heterocycles. The smallest absolute Gasteiger partial charge is 0.339 e. The predicted molar refractivity (Wildman–Crippen MR) is 98.0 cm³/mol. The van der Waals surface area contributed by atoms with Gasteiger partial charge in [-0.2, -0.15) is 4.98 Å². The third kappa shape index (κ3) is 3.40. The lowest BCUT2D eigenvalue weighted by Gasteiger charge is -2.14. The van der Waals surface area contributed by atoms with Crippen LogP contribution < -0.4 is 16.2 Å². The third-order valence-corrected chi connectivity index (χ3v) is 3.95. The summed E-state index contributed by atoms with van der Waals surface area (Å²) in [6, 6.07) is 7.73. The Kier molecular flexibility index (Phi) is 4.46. The van der Waals surface area contributed by atoms with Gasteiger partial charge in [-0.15, -0.1) is 0 Å². The van der Waals surface area contributed by atoms with Gasteiger partial charge in [0.1, 0.15) is 17.1 Å². The number of carboxylic acids is 1. The zero-order chi connectivity index (χ0) is 19.7. The Morgan fingerprint density at radius 1 is 1.26 bits per heavy atom. The lowest BCUT2D eigenvalue weighted by molar-refractivity contribution is -0.496. The molecule has 138 valence electrons. The number of methoxy groups -OCH3 is 1. The van der Waals surface area contributed by atoms with Crippen LogP contribution in [-0.2, 0) is 6.54 Å². The second kappa shape index (κ2) is 6.75. The summed E-state index contributed by atoms with van der Waals surface area (Å²) in [5, 5.41) is 20.9. The monoisotopic (exact) mass is 369 g/mol. The van der Waals surface area contributed by atoms with Crippen LogP contribution in [0, 0.1) is 10.1 Å². The number of aromatic nitrogens is 2. The molecule has 10 nitrogen and oxygen atoms in total. The Bertz CT molecular complexity index is 1080. The maximum absolute atomic E-state index is 11.6. The topological polar surface area (TPSA) is 167 Å². The van der Waals surface area contributed by atoms with Crippen LogP contribution in [0.1, 0.15) is 15.9 Å². The van der Waals surface area contributed by atoms with E-state index in [0.717, 1.165) is 0 Å². The van der Waals surface area contributed by atoms with Gasteiger partial charge in [0, 0.05) is 21.4 Å². The van der Waals surface area contributed by atoms with Crippen molar-refractivity contribution in [2.45, 2.75) is 6.54 Å². The van der Waals surface area contributed by atoms with Gasteiger partial charge in [0.05, 0.1) is 12.6 Å². The summed E-state index contributed by atoms with van der Waals surface area (Å²) in [7, 11) is 1.33. The number of benzene rings is 2. The van der Waals surface area contributed by atoms with E-state index in [1.54, 1.807) is 18.2 Å². The molecule has 0 aliphatic carbocycles. The number of nitrogen functional groups attached to an aromatic ring is 2. The molecule has 0 aliphatic rings. The second-order valence-corrected chi connectivity index (χ2v) is 5.72. The summed E-state index contributed by atoms with van der Waals surface area (Å²) >= 11 is 0. The van der Waals surface area contributed by atoms with E-state index in [1.165, 1.54) is 19.2 Å². The summed E-state index contributed by atoms with van der Waals surface area (Å²) in [6.45, 7) is -0.521. The van der Waals surface area contributed by atoms with E-state index >= 15 is 0 Å². The molecule has 0 unspecified atom stereocenters. The van der Waals surface area contributed by atoms with E-state index < -0.39 is 17.4 Å². The number of hydrogen-bond donors (Lipinski definition) is 3. The standard InChI is InChI=1S/C17H15N5O5/c1-27-14-10(4-8(7-22(25)26)5-12(14)16(23)24)9-2-3-13-11(6-9)15(18)21-17(19)20-13/h2-6H,7H2,1H3,(H,23,24)(H4,18,19,20,21). The summed E-state index contributed by atoms with van der Waals surface area (Å²) in [5.74, 6) is -0.969. The normalized spacial score (nSPS) is 10.7. The predicted octanol–water partition coefficient (Wildman–Crippen LogP) is 1.94. The molecule has 27 heavy (non-hydrogen) atoms. The second-order valence-electron chi connectivity index (χ2n) is 5.72. The molecule has 0 atom stereocenters. The number of nitrogens with two attached hydrogens (primary N) is 2. The molecule has 0 aliphatic heterocycles. The Balaban J connectivity index is 2.28. The van der Waals surface area contributed by atoms with Crippen LogP contribution >= 0.6 is 0 Å². The Morgan fingerprint density at radius 2 is 2.00 bits per heavy atom. The lowest BCUT2D eigenvalue weighted by Crippen LogP contribution is -2.06. The van der Waals surface area contributed by atoms with E-state index in [4.69, 9.17) is 16.2 Å². The van der Waals surface area contributed by atoms with E-state index in [2.05, 4.69) is 9.97 Å². The van der Waals surface area contributed by atoms with Crippen molar-refractivity contribution in [3.63, 3.8) is 0 Å². The van der Waals surface area contributed by atoms with Gasteiger partial charge in [0.25, 0.3) is 0 Å². The third-order valence-electron chi connectivity index (χ3n) is 3.95. The van der Waals surface area contributed by atoms with Gasteiger partial charge in [-0.1, -0.05) is 6.07 Å². The van der Waals surface area contributed by atoms with Crippen LogP contribution in [0.2, 0.25) is 0 Å². The number of nitrogens with zero attached hydrogens (tertiary/aromatic N) is 3. The molecule has 0 spiro atoms. The summed E-state index contributed by atoms with van der Waals surface area (Å²) in [5.41, 5.74) is 13.0. The molecule has 3 aromatic rings. The number of anilines is 2. The molecule has 3 rings (SSSR count). The van der Waals surface area contributed by atoms with Crippen molar-refractivity contribution < 1.29 is 19.6 Å². The van der Waals surface area contributed by atoms with Crippen LogP contribution in [0.3, 0.4) is 0 Å². The number of nitro groups is 1. The first kappa shape index (κ1) is 17.9. The minimum absolute atomic E-state index is 0.0338. The average molecular weight is 369 g/mol. The fraction of sp³-hybridized carbons (Fsp3) is 0.118. The van der Waals surface area contributed by atoms with Crippen LogP contribution in [0.4, 0.5) is 11.8 Å². The molecule has 0 amide bonds. The summed E-state index contributed by atoms with van der Waals surface area (Å²) < 4.78 is 5.28. The van der Waals surface area contributed by atoms with Gasteiger partial charge in [0.2, 0.25) is 12.5 Å². The highest BCUT2D eigenvalue weighted by molar-refractivity contribution is 5.97. The van der Waals surface area contributed by atoms with Gasteiger partial charge < -0.3 is 21.3 Å². The zero-order valence-electron chi connectivity index (χ0n) is 14.2. The van der Waals surface area contributed by atoms with Crippen molar-refractivity contribution in [2.75, 3.05) is 18.6 Å². The largest absolute Gasteiger partial charge is 0.495 e. The fourth-order valence-corrected chi connectivity index (χ4v) is 2.86. The summed E-state index contributed by atoms with van der Waals surface area (Å²) in [4.78, 5) is 30.0. The summed E-state index contributed by atoms with van der Waals surface area (Å²) in [6.07, 6.45) is 0. The maximum atomic E-state index is 11.6. The number of rotatable bonds is 5. The van der Waals surface area contributed by atoms with Gasteiger partial charge >= 0.3 is 5.97 Å². The van der Waals surface area contributed by atoms with E-state index in [9.17, 15) is 20.0 Å². The minimum Gasteiger partial charge on any atom is -0.495 e. The van der Waals surface area contributed by atoms with E-state index in [0.29, 0.717) is 22.0 Å². The van der Waals surface area contributed by atoms with Crippen molar-refractivity contribution in [2.24, 2.45) is 0 Å². The Labute approximate surface area is 152 Å². The number of carboxylic acid groups (broad SMARTS) is 1. The Morgan fingerprint density at radius 3 is 2.63 bits per heavy atom. The van der Waals surface area contributed by atoms with E-state index in [1.807, 2.05) is 0 Å². The highest BCUT2D eigenvalue weighted by atomic mass is 16.6. The molecule has 0 radical (unpaired) electrons. The van der Waals surface area contributed by atoms with Gasteiger partial charge in [-0.3, -0.25) is 10.1 Å². The molecular formula is C17H15N5O5. The number of fused-ring (bicyclic) bond motifs is 1. The van der Waals surface area contributed by atoms with Crippen molar-refractivity contribution in [3.05, 3.63) is 51.6 Å². The highest BCUT2D eigenvalue weighted by Crippen LogP contribution is 2.36. The van der Waals surface area contributed by atoms with Crippen molar-refractivity contribution in [3.8, 4) is 16.9 Å². The molecule has 0 fully saturated rings. The van der Waals surface area contributed by atoms with E-state index in [-0.39, 0.29) is 28.6 Å². The maximum Gasteiger partial charge on any atom is 0.339 e. The van der Waals surface area contributed by atoms with Crippen LogP contribution in [0.15, 0.2) is 30.3 Å². The van der Waals surface area contributed by atoms with Gasteiger partial charge in [0.15, 0.2) is 0 Å². The quantitative estimate of drug-likeness (QED) is 0.449. The van der Waals surface area contributed by atoms with Crippen molar-refractivity contribution in [1.29, 1.82) is 0 Å². The molecule has 2 aromatic carbocycles. The molecule has 0 bridgehead atoms. The Hall–Kier alpha value is -3.95. The molecule has 10 heteroatoms. The number of hydrogen-bond acceptors (Lipinski definition) is 8. The van der Waals surface area contributed by atoms with Crippen molar-refractivity contribution in [1.82, 2.24) is 9.97 Å². The number of ether oxygens (including phenoxy) is 1. The lowest BCUT2D eigenvalue weighted by atomic mass is 9.97. The zero-order valence-corrected chi connectivity index (χ0v) is 14.2.